The Morgan fingerprint density at radius 2 is 1.92 bits per heavy atom. The third-order valence-corrected chi connectivity index (χ3v) is 1.73. The summed E-state index contributed by atoms with van der Waals surface area (Å²) in [6.07, 6.45) is 0. The molecule has 0 fully saturated rings. The van der Waals surface area contributed by atoms with Gasteiger partial charge in [0, 0.05) is 6.07 Å². The van der Waals surface area contributed by atoms with Crippen molar-refractivity contribution in [1.29, 1.82) is 0 Å². The maximum Gasteiger partial charge on any atom is 0.162 e. The second-order valence-electron chi connectivity index (χ2n) is 2.33. The van der Waals surface area contributed by atoms with Crippen LogP contribution in [0.1, 0.15) is 5.56 Å². The highest BCUT2D eigenvalue weighted by Crippen LogP contribution is 2.21. The van der Waals surface area contributed by atoms with Crippen molar-refractivity contribution in [3.8, 4) is 5.75 Å². The van der Waals surface area contributed by atoms with Crippen LogP contribution in [-0.2, 0) is 0 Å². The van der Waals surface area contributed by atoms with E-state index in [-0.39, 0.29) is 16.3 Å². The Kier molecular flexibility index (Phi) is 2.77. The van der Waals surface area contributed by atoms with Crippen LogP contribution in [0.4, 0.5) is 8.78 Å². The Hall–Kier alpha value is -1.23. The molecule has 0 unspecified atom stereocenters. The van der Waals surface area contributed by atoms with Gasteiger partial charge in [-0.1, -0.05) is 12.2 Å². The zero-order valence-electron chi connectivity index (χ0n) is 6.80. The highest BCUT2D eigenvalue weighted by Gasteiger charge is 2.11. The van der Waals surface area contributed by atoms with Crippen LogP contribution in [0.15, 0.2) is 12.1 Å². The summed E-state index contributed by atoms with van der Waals surface area (Å²) in [6.45, 7) is 0. The minimum absolute atomic E-state index is 0.0317. The molecule has 0 aliphatic heterocycles. The molecule has 1 rings (SSSR count). The van der Waals surface area contributed by atoms with Gasteiger partial charge in [0.2, 0.25) is 0 Å². The molecule has 1 aromatic rings. The highest BCUT2D eigenvalue weighted by atomic mass is 32.1. The summed E-state index contributed by atoms with van der Waals surface area (Å²) < 4.78 is 30.1. The maximum atomic E-state index is 12.7. The van der Waals surface area contributed by atoms with Crippen molar-refractivity contribution >= 4 is 17.2 Å². The molecular weight excluding hydrogens is 196 g/mol. The Balaban J connectivity index is 3.33. The summed E-state index contributed by atoms with van der Waals surface area (Å²) in [5.41, 5.74) is 5.46. The van der Waals surface area contributed by atoms with E-state index in [0.717, 1.165) is 12.1 Å². The normalized spacial score (nSPS) is 9.77. The van der Waals surface area contributed by atoms with E-state index in [1.54, 1.807) is 0 Å². The van der Waals surface area contributed by atoms with Crippen molar-refractivity contribution in [2.24, 2.45) is 5.73 Å². The molecule has 0 amide bonds. The summed E-state index contributed by atoms with van der Waals surface area (Å²) in [4.78, 5) is -0.0317. The van der Waals surface area contributed by atoms with Crippen LogP contribution in [0.3, 0.4) is 0 Å². The van der Waals surface area contributed by atoms with Gasteiger partial charge in [-0.2, -0.15) is 0 Å². The van der Waals surface area contributed by atoms with Gasteiger partial charge in [0.25, 0.3) is 0 Å². The summed E-state index contributed by atoms with van der Waals surface area (Å²) >= 11 is 4.63. The van der Waals surface area contributed by atoms with Gasteiger partial charge in [-0.05, 0) is 6.07 Å². The second-order valence-corrected chi connectivity index (χ2v) is 2.77. The molecule has 2 nitrogen and oxygen atoms in total. The lowest BCUT2D eigenvalue weighted by Crippen LogP contribution is -2.12. The average molecular weight is 203 g/mol. The van der Waals surface area contributed by atoms with E-state index in [4.69, 9.17) is 10.5 Å². The van der Waals surface area contributed by atoms with Crippen molar-refractivity contribution in [2.45, 2.75) is 0 Å². The predicted octanol–water partition coefficient (Wildman–Crippen LogP) is 1.61. The first-order valence-electron chi connectivity index (χ1n) is 3.39. The Morgan fingerprint density at radius 3 is 2.38 bits per heavy atom. The lowest BCUT2D eigenvalue weighted by atomic mass is 10.2. The van der Waals surface area contributed by atoms with Gasteiger partial charge in [0.1, 0.15) is 10.7 Å². The molecule has 0 aliphatic carbocycles. The molecule has 0 aliphatic rings. The number of halogens is 2. The van der Waals surface area contributed by atoms with E-state index in [0.29, 0.717) is 0 Å². The van der Waals surface area contributed by atoms with Crippen LogP contribution in [0.25, 0.3) is 0 Å². The summed E-state index contributed by atoms with van der Waals surface area (Å²) in [6, 6.07) is 1.82. The van der Waals surface area contributed by atoms with Crippen LogP contribution in [0.2, 0.25) is 0 Å². The van der Waals surface area contributed by atoms with Crippen molar-refractivity contribution in [2.75, 3.05) is 7.11 Å². The van der Waals surface area contributed by atoms with E-state index in [1.165, 1.54) is 7.11 Å². The Bertz CT molecular complexity index is 354. The molecule has 2 N–H and O–H groups in total. The fourth-order valence-corrected chi connectivity index (χ4v) is 1.05. The number of ether oxygens (including phenoxy) is 1. The Morgan fingerprint density at radius 1 is 1.38 bits per heavy atom. The predicted molar refractivity (Wildman–Crippen MR) is 48.8 cm³/mol. The highest BCUT2D eigenvalue weighted by molar-refractivity contribution is 7.80. The number of hydrogen-bond acceptors (Lipinski definition) is 2. The Labute approximate surface area is 79.3 Å². The van der Waals surface area contributed by atoms with Gasteiger partial charge in [0.15, 0.2) is 11.6 Å². The van der Waals surface area contributed by atoms with Crippen molar-refractivity contribution in [3.05, 3.63) is 29.3 Å². The molecule has 0 bridgehead atoms. The summed E-state index contributed by atoms with van der Waals surface area (Å²) in [5.74, 6) is -1.85. The molecular formula is C8H7F2NOS. The van der Waals surface area contributed by atoms with Crippen molar-refractivity contribution in [1.82, 2.24) is 0 Å². The number of benzene rings is 1. The molecule has 70 valence electrons. The number of hydrogen-bond donors (Lipinski definition) is 1. The molecule has 0 radical (unpaired) electrons. The number of thiocarbonyl (C=S) groups is 1. The van der Waals surface area contributed by atoms with Crippen LogP contribution in [0, 0.1) is 11.6 Å². The quantitative estimate of drug-likeness (QED) is 0.741. The van der Waals surface area contributed by atoms with Crippen LogP contribution in [0.5, 0.6) is 5.75 Å². The smallest absolute Gasteiger partial charge is 0.162 e. The van der Waals surface area contributed by atoms with Gasteiger partial charge in [-0.3, -0.25) is 0 Å². The zero-order valence-corrected chi connectivity index (χ0v) is 7.62. The topological polar surface area (TPSA) is 35.2 Å². The van der Waals surface area contributed by atoms with E-state index >= 15 is 0 Å². The number of nitrogens with two attached hydrogens (primary N) is 1. The molecule has 0 saturated carbocycles. The SMILES string of the molecule is COc1cc(F)c(F)cc1C(N)=S. The monoisotopic (exact) mass is 203 g/mol. The number of methoxy groups -OCH3 is 1. The molecule has 0 atom stereocenters. The molecule has 13 heavy (non-hydrogen) atoms. The van der Waals surface area contributed by atoms with E-state index in [9.17, 15) is 8.78 Å². The third kappa shape index (κ3) is 1.92. The zero-order chi connectivity index (χ0) is 10.0. The van der Waals surface area contributed by atoms with Crippen LogP contribution in [-0.4, -0.2) is 12.1 Å². The van der Waals surface area contributed by atoms with E-state index in [1.807, 2.05) is 0 Å². The molecule has 0 heterocycles. The molecule has 0 aromatic heterocycles. The fourth-order valence-electron chi connectivity index (χ4n) is 0.890. The number of rotatable bonds is 2. The van der Waals surface area contributed by atoms with Gasteiger partial charge in [-0.25, -0.2) is 8.78 Å². The molecule has 0 spiro atoms. The molecule has 0 saturated heterocycles. The van der Waals surface area contributed by atoms with Crippen molar-refractivity contribution < 1.29 is 13.5 Å². The second kappa shape index (κ2) is 3.66. The van der Waals surface area contributed by atoms with E-state index in [2.05, 4.69) is 12.2 Å². The molecule has 1 aromatic carbocycles. The van der Waals surface area contributed by atoms with Crippen LogP contribution < -0.4 is 10.5 Å². The van der Waals surface area contributed by atoms with Crippen LogP contribution >= 0.6 is 12.2 Å². The standard InChI is InChI=1S/C8H7F2NOS/c1-12-7-3-6(10)5(9)2-4(7)8(11)13/h2-3H,1H3,(H2,11,13). The summed E-state index contributed by atoms with van der Waals surface area (Å²) in [5, 5.41) is 0. The first kappa shape index (κ1) is 9.85. The molecule has 5 heteroatoms. The average Bonchev–Trinajstić information content (AvgIpc) is 2.08. The van der Waals surface area contributed by atoms with Gasteiger partial charge < -0.3 is 10.5 Å². The lowest BCUT2D eigenvalue weighted by molar-refractivity contribution is 0.405. The maximum absolute atomic E-state index is 12.7. The largest absolute Gasteiger partial charge is 0.496 e. The van der Waals surface area contributed by atoms with E-state index < -0.39 is 11.6 Å². The minimum atomic E-state index is -0.997. The fraction of sp³-hybridized carbons (Fsp3) is 0.125. The minimum Gasteiger partial charge on any atom is -0.496 e. The third-order valence-electron chi connectivity index (χ3n) is 1.51. The lowest BCUT2D eigenvalue weighted by Gasteiger charge is -2.06. The van der Waals surface area contributed by atoms with Gasteiger partial charge in [0.05, 0.1) is 12.7 Å². The van der Waals surface area contributed by atoms with Crippen molar-refractivity contribution in [3.63, 3.8) is 0 Å². The summed E-state index contributed by atoms with van der Waals surface area (Å²) in [7, 11) is 1.33. The van der Waals surface area contributed by atoms with Gasteiger partial charge in [-0.15, -0.1) is 0 Å². The van der Waals surface area contributed by atoms with Gasteiger partial charge >= 0.3 is 0 Å². The first-order valence-corrected chi connectivity index (χ1v) is 3.80. The first-order chi connectivity index (χ1) is 6.06.